The molecule has 0 spiro atoms. The van der Waals surface area contributed by atoms with Crippen molar-refractivity contribution in [2.45, 2.75) is 45.3 Å². The first-order valence-corrected chi connectivity index (χ1v) is 6.62. The van der Waals surface area contributed by atoms with Crippen LogP contribution in [0.1, 0.15) is 33.6 Å². The van der Waals surface area contributed by atoms with Crippen LogP contribution < -0.4 is 0 Å². The van der Waals surface area contributed by atoms with Gasteiger partial charge in [-0.15, -0.1) is 0 Å². The van der Waals surface area contributed by atoms with Gasteiger partial charge in [-0.1, -0.05) is 0 Å². The molecule has 2 aliphatic rings. The van der Waals surface area contributed by atoms with E-state index in [0.717, 1.165) is 32.7 Å². The van der Waals surface area contributed by atoms with Gasteiger partial charge >= 0.3 is 0 Å². The summed E-state index contributed by atoms with van der Waals surface area (Å²) in [5, 5.41) is 9.91. The monoisotopic (exact) mass is 226 g/mol. The zero-order valence-corrected chi connectivity index (χ0v) is 10.9. The zero-order valence-electron chi connectivity index (χ0n) is 10.9. The maximum Gasteiger partial charge on any atom is 0.0695 e. The largest absolute Gasteiger partial charge is 0.392 e. The van der Waals surface area contributed by atoms with Crippen LogP contribution in [0.3, 0.4) is 0 Å². The number of hydrogen-bond donors (Lipinski definition) is 1. The Balaban J connectivity index is 1.72. The van der Waals surface area contributed by atoms with E-state index < -0.39 is 0 Å². The first-order chi connectivity index (χ1) is 7.47. The Hall–Kier alpha value is -0.120. The summed E-state index contributed by atoms with van der Waals surface area (Å²) in [6.45, 7) is 12.2. The summed E-state index contributed by atoms with van der Waals surface area (Å²) in [5.41, 5.74) is 0.293. The van der Waals surface area contributed by atoms with E-state index in [2.05, 4.69) is 30.6 Å². The molecular formula is C13H26N2O. The Bertz CT molecular complexity index is 225. The second-order valence-electron chi connectivity index (χ2n) is 6.36. The number of β-amino-alcohol motifs (C(OH)–C–C–N with tert-alkyl or cyclic N) is 1. The van der Waals surface area contributed by atoms with Crippen LogP contribution in [-0.2, 0) is 0 Å². The summed E-state index contributed by atoms with van der Waals surface area (Å²) in [7, 11) is 0. The molecule has 3 heteroatoms. The van der Waals surface area contributed by atoms with E-state index >= 15 is 0 Å². The van der Waals surface area contributed by atoms with Gasteiger partial charge in [0.15, 0.2) is 0 Å². The van der Waals surface area contributed by atoms with Crippen LogP contribution in [0.4, 0.5) is 0 Å². The molecule has 1 aliphatic heterocycles. The molecule has 0 bridgehead atoms. The predicted molar refractivity (Wildman–Crippen MR) is 66.5 cm³/mol. The van der Waals surface area contributed by atoms with Crippen LogP contribution >= 0.6 is 0 Å². The smallest absolute Gasteiger partial charge is 0.0695 e. The van der Waals surface area contributed by atoms with Crippen molar-refractivity contribution in [3.8, 4) is 0 Å². The Labute approximate surface area is 99.4 Å². The lowest BCUT2D eigenvalue weighted by atomic mass is 10.0. The third kappa shape index (κ3) is 3.19. The van der Waals surface area contributed by atoms with Crippen LogP contribution in [0, 0.1) is 5.92 Å². The Morgan fingerprint density at radius 3 is 2.12 bits per heavy atom. The molecule has 94 valence electrons. The van der Waals surface area contributed by atoms with E-state index in [-0.39, 0.29) is 6.10 Å². The lowest BCUT2D eigenvalue weighted by Crippen LogP contribution is -2.54. The first kappa shape index (κ1) is 12.3. The Morgan fingerprint density at radius 2 is 1.69 bits per heavy atom. The highest BCUT2D eigenvalue weighted by Gasteiger charge is 2.32. The van der Waals surface area contributed by atoms with Crippen molar-refractivity contribution in [3.63, 3.8) is 0 Å². The molecule has 0 radical (unpaired) electrons. The molecule has 1 heterocycles. The molecule has 1 saturated carbocycles. The number of rotatable bonds is 3. The maximum atomic E-state index is 9.91. The average Bonchev–Trinajstić information content (AvgIpc) is 3.00. The molecule has 0 amide bonds. The van der Waals surface area contributed by atoms with Crippen LogP contribution in [0.15, 0.2) is 0 Å². The minimum absolute atomic E-state index is 0.0683. The van der Waals surface area contributed by atoms with Crippen molar-refractivity contribution < 1.29 is 5.11 Å². The van der Waals surface area contributed by atoms with Crippen molar-refractivity contribution in [1.82, 2.24) is 9.80 Å². The molecular weight excluding hydrogens is 200 g/mol. The molecule has 2 rings (SSSR count). The second kappa shape index (κ2) is 4.63. The van der Waals surface area contributed by atoms with Crippen molar-refractivity contribution in [3.05, 3.63) is 0 Å². The highest BCUT2D eigenvalue weighted by atomic mass is 16.3. The third-order valence-electron chi connectivity index (χ3n) is 3.93. The minimum atomic E-state index is -0.0683. The number of aliphatic hydroxyl groups excluding tert-OH is 1. The van der Waals surface area contributed by atoms with Gasteiger partial charge in [0.1, 0.15) is 0 Å². The Morgan fingerprint density at radius 1 is 1.12 bits per heavy atom. The van der Waals surface area contributed by atoms with E-state index in [1.807, 2.05) is 0 Å². The van der Waals surface area contributed by atoms with E-state index in [0.29, 0.717) is 11.5 Å². The van der Waals surface area contributed by atoms with Crippen molar-refractivity contribution >= 4 is 0 Å². The summed E-state index contributed by atoms with van der Waals surface area (Å²) in [4.78, 5) is 4.96. The van der Waals surface area contributed by atoms with Gasteiger partial charge in [0.25, 0.3) is 0 Å². The third-order valence-corrected chi connectivity index (χ3v) is 3.93. The van der Waals surface area contributed by atoms with E-state index in [1.165, 1.54) is 12.8 Å². The van der Waals surface area contributed by atoms with E-state index in [4.69, 9.17) is 0 Å². The molecule has 3 nitrogen and oxygen atoms in total. The normalized spacial score (nSPS) is 27.0. The van der Waals surface area contributed by atoms with Gasteiger partial charge < -0.3 is 5.11 Å². The summed E-state index contributed by atoms with van der Waals surface area (Å²) in [6, 6.07) is 0. The molecule has 0 aromatic rings. The molecule has 0 aromatic heterocycles. The molecule has 1 N–H and O–H groups in total. The van der Waals surface area contributed by atoms with Crippen molar-refractivity contribution in [1.29, 1.82) is 0 Å². The second-order valence-corrected chi connectivity index (χ2v) is 6.36. The number of piperazine rings is 1. The highest BCUT2D eigenvalue weighted by molar-refractivity contribution is 4.86. The topological polar surface area (TPSA) is 26.7 Å². The highest BCUT2D eigenvalue weighted by Crippen LogP contribution is 2.33. The van der Waals surface area contributed by atoms with Crippen molar-refractivity contribution in [2.24, 2.45) is 5.92 Å². The molecule has 1 saturated heterocycles. The number of hydrogen-bond acceptors (Lipinski definition) is 3. The summed E-state index contributed by atoms with van der Waals surface area (Å²) in [5.74, 6) is 0.612. The van der Waals surface area contributed by atoms with Crippen LogP contribution in [-0.4, -0.2) is 59.3 Å². The van der Waals surface area contributed by atoms with Gasteiger partial charge in [-0.05, 0) is 39.5 Å². The molecule has 0 aromatic carbocycles. The molecule has 1 aliphatic carbocycles. The standard InChI is InChI=1S/C13H26N2O/c1-13(2,3)15-8-6-14(7-9-15)10-12(16)11-4-5-11/h11-12,16H,4-10H2,1-3H3. The Kier molecular flexibility index (Phi) is 3.57. The fraction of sp³-hybridized carbons (Fsp3) is 1.00. The van der Waals surface area contributed by atoms with Crippen LogP contribution in [0.2, 0.25) is 0 Å². The SMILES string of the molecule is CC(C)(C)N1CCN(CC(O)C2CC2)CC1. The molecule has 2 fully saturated rings. The zero-order chi connectivity index (χ0) is 11.8. The lowest BCUT2D eigenvalue weighted by Gasteiger charge is -2.42. The summed E-state index contributed by atoms with van der Waals surface area (Å²) in [6.07, 6.45) is 2.41. The van der Waals surface area contributed by atoms with Crippen LogP contribution in [0.25, 0.3) is 0 Å². The lowest BCUT2D eigenvalue weighted by molar-refractivity contribution is 0.0312. The maximum absolute atomic E-state index is 9.91. The minimum Gasteiger partial charge on any atom is -0.392 e. The molecule has 16 heavy (non-hydrogen) atoms. The van der Waals surface area contributed by atoms with Gasteiger partial charge in [0.2, 0.25) is 0 Å². The molecule has 1 atom stereocenters. The predicted octanol–water partition coefficient (Wildman–Crippen LogP) is 1.17. The van der Waals surface area contributed by atoms with Gasteiger partial charge in [-0.25, -0.2) is 0 Å². The number of aliphatic hydroxyl groups is 1. The fourth-order valence-electron chi connectivity index (χ4n) is 2.50. The summed E-state index contributed by atoms with van der Waals surface area (Å²) >= 11 is 0. The number of nitrogens with zero attached hydrogens (tertiary/aromatic N) is 2. The first-order valence-electron chi connectivity index (χ1n) is 6.62. The van der Waals surface area contributed by atoms with Gasteiger partial charge in [0, 0.05) is 38.3 Å². The van der Waals surface area contributed by atoms with Gasteiger partial charge in [-0.3, -0.25) is 9.80 Å². The fourth-order valence-corrected chi connectivity index (χ4v) is 2.50. The van der Waals surface area contributed by atoms with E-state index in [9.17, 15) is 5.11 Å². The summed E-state index contributed by atoms with van der Waals surface area (Å²) < 4.78 is 0. The van der Waals surface area contributed by atoms with Gasteiger partial charge in [0.05, 0.1) is 6.10 Å². The van der Waals surface area contributed by atoms with E-state index in [1.54, 1.807) is 0 Å². The van der Waals surface area contributed by atoms with Crippen molar-refractivity contribution in [2.75, 3.05) is 32.7 Å². The quantitative estimate of drug-likeness (QED) is 0.782. The van der Waals surface area contributed by atoms with Gasteiger partial charge in [-0.2, -0.15) is 0 Å². The van der Waals surface area contributed by atoms with Crippen LogP contribution in [0.5, 0.6) is 0 Å². The average molecular weight is 226 g/mol. The molecule has 1 unspecified atom stereocenters.